The molecule has 6 heteroatoms. The van der Waals surface area contributed by atoms with Gasteiger partial charge in [0, 0.05) is 6.42 Å². The zero-order chi connectivity index (χ0) is 11.5. The van der Waals surface area contributed by atoms with Crippen molar-refractivity contribution in [2.45, 2.75) is 19.8 Å². The van der Waals surface area contributed by atoms with Crippen molar-refractivity contribution < 1.29 is 9.90 Å². The monoisotopic (exact) mass is 254 g/mol. The molecule has 0 fully saturated rings. The number of thiophene rings is 1. The molecule has 4 nitrogen and oxygen atoms in total. The van der Waals surface area contributed by atoms with Gasteiger partial charge < -0.3 is 5.11 Å². The van der Waals surface area contributed by atoms with Gasteiger partial charge in [-0.1, -0.05) is 18.3 Å². The van der Waals surface area contributed by atoms with Gasteiger partial charge in [-0.25, -0.2) is 4.79 Å². The van der Waals surface area contributed by atoms with Crippen molar-refractivity contribution in [1.29, 1.82) is 0 Å². The van der Waals surface area contributed by atoms with E-state index >= 15 is 0 Å². The quantitative estimate of drug-likeness (QED) is 0.911. The number of carbonyl (C=O) groups is 1. The summed E-state index contributed by atoms with van der Waals surface area (Å²) in [5.74, 6) is -0.894. The summed E-state index contributed by atoms with van der Waals surface area (Å²) < 4.78 is 0. The van der Waals surface area contributed by atoms with Gasteiger partial charge in [-0.3, -0.25) is 0 Å². The molecule has 0 radical (unpaired) electrons. The van der Waals surface area contributed by atoms with E-state index in [2.05, 4.69) is 17.1 Å². The standard InChI is InChI=1S/C10H10N2O2S2/c1-2-3-8-11-12-9(16-8)6-4-5-7(15-6)10(13)14/h4-5H,2-3H2,1H3,(H,13,14). The van der Waals surface area contributed by atoms with Crippen LogP contribution in [0.4, 0.5) is 0 Å². The molecule has 1 N–H and O–H groups in total. The third kappa shape index (κ3) is 2.28. The summed E-state index contributed by atoms with van der Waals surface area (Å²) in [5.41, 5.74) is 0. The molecule has 0 aromatic carbocycles. The number of carboxylic acid groups (broad SMARTS) is 1. The molecule has 0 bridgehead atoms. The van der Waals surface area contributed by atoms with Crippen LogP contribution in [0.1, 0.15) is 28.0 Å². The van der Waals surface area contributed by atoms with Gasteiger partial charge in [-0.15, -0.1) is 21.5 Å². The summed E-state index contributed by atoms with van der Waals surface area (Å²) in [6.45, 7) is 2.09. The molecular weight excluding hydrogens is 244 g/mol. The molecule has 2 aromatic rings. The maximum atomic E-state index is 10.7. The van der Waals surface area contributed by atoms with Gasteiger partial charge >= 0.3 is 5.97 Å². The highest BCUT2D eigenvalue weighted by Crippen LogP contribution is 2.30. The molecule has 2 aromatic heterocycles. The highest BCUT2D eigenvalue weighted by molar-refractivity contribution is 7.22. The van der Waals surface area contributed by atoms with E-state index in [0.29, 0.717) is 4.88 Å². The Morgan fingerprint density at radius 2 is 2.19 bits per heavy atom. The van der Waals surface area contributed by atoms with Crippen molar-refractivity contribution in [3.63, 3.8) is 0 Å². The second-order valence-corrected chi connectivity index (χ2v) is 5.37. The van der Waals surface area contributed by atoms with Gasteiger partial charge in [0.15, 0.2) is 5.01 Å². The number of hydrogen-bond donors (Lipinski definition) is 1. The average molecular weight is 254 g/mol. The van der Waals surface area contributed by atoms with E-state index in [0.717, 1.165) is 27.7 Å². The van der Waals surface area contributed by atoms with Crippen molar-refractivity contribution in [1.82, 2.24) is 10.2 Å². The van der Waals surface area contributed by atoms with E-state index < -0.39 is 5.97 Å². The van der Waals surface area contributed by atoms with Crippen molar-refractivity contribution in [2.75, 3.05) is 0 Å². The zero-order valence-electron chi connectivity index (χ0n) is 8.64. The molecule has 0 aliphatic heterocycles. The summed E-state index contributed by atoms with van der Waals surface area (Å²) >= 11 is 2.76. The summed E-state index contributed by atoms with van der Waals surface area (Å²) in [4.78, 5) is 11.9. The fourth-order valence-electron chi connectivity index (χ4n) is 1.24. The van der Waals surface area contributed by atoms with Gasteiger partial charge in [0.1, 0.15) is 9.88 Å². The summed E-state index contributed by atoms with van der Waals surface area (Å²) in [5, 5.41) is 18.7. The number of aryl methyl sites for hydroxylation is 1. The van der Waals surface area contributed by atoms with Crippen LogP contribution >= 0.6 is 22.7 Å². The minimum absolute atomic E-state index is 0.335. The van der Waals surface area contributed by atoms with Crippen LogP contribution in [0.2, 0.25) is 0 Å². The van der Waals surface area contributed by atoms with Crippen LogP contribution in [0.3, 0.4) is 0 Å². The minimum Gasteiger partial charge on any atom is -0.477 e. The Morgan fingerprint density at radius 1 is 1.38 bits per heavy atom. The number of aromatic nitrogens is 2. The molecule has 0 unspecified atom stereocenters. The minimum atomic E-state index is -0.894. The lowest BCUT2D eigenvalue weighted by Crippen LogP contribution is -1.89. The normalized spacial score (nSPS) is 10.6. The van der Waals surface area contributed by atoms with E-state index in [-0.39, 0.29) is 0 Å². The second kappa shape index (κ2) is 4.71. The fourth-order valence-corrected chi connectivity index (χ4v) is 3.07. The van der Waals surface area contributed by atoms with E-state index in [1.54, 1.807) is 12.1 Å². The summed E-state index contributed by atoms with van der Waals surface area (Å²) in [6, 6.07) is 3.38. The Hall–Kier alpha value is -1.27. The Kier molecular flexibility index (Phi) is 3.31. The summed E-state index contributed by atoms with van der Waals surface area (Å²) in [7, 11) is 0. The van der Waals surface area contributed by atoms with E-state index in [9.17, 15) is 4.79 Å². The molecule has 0 spiro atoms. The van der Waals surface area contributed by atoms with Crippen LogP contribution in [0, 0.1) is 0 Å². The Labute approximate surface area is 101 Å². The number of carboxylic acids is 1. The van der Waals surface area contributed by atoms with Crippen LogP contribution in [0.25, 0.3) is 9.88 Å². The second-order valence-electron chi connectivity index (χ2n) is 3.22. The number of nitrogens with zero attached hydrogens (tertiary/aromatic N) is 2. The first-order valence-corrected chi connectivity index (χ1v) is 6.50. The lowest BCUT2D eigenvalue weighted by atomic mass is 10.4. The predicted molar refractivity (Wildman–Crippen MR) is 64.2 cm³/mol. The summed E-state index contributed by atoms with van der Waals surface area (Å²) in [6.07, 6.45) is 1.97. The van der Waals surface area contributed by atoms with Crippen molar-refractivity contribution >= 4 is 28.6 Å². The smallest absolute Gasteiger partial charge is 0.345 e. The fraction of sp³-hybridized carbons (Fsp3) is 0.300. The topological polar surface area (TPSA) is 63.1 Å². The highest BCUT2D eigenvalue weighted by atomic mass is 32.1. The van der Waals surface area contributed by atoms with Crippen LogP contribution in [0.5, 0.6) is 0 Å². The molecule has 0 aliphatic carbocycles. The van der Waals surface area contributed by atoms with Gasteiger partial charge in [-0.05, 0) is 18.6 Å². The third-order valence-corrected chi connectivity index (χ3v) is 4.18. The third-order valence-electron chi connectivity index (χ3n) is 1.96. The average Bonchev–Trinajstić information content (AvgIpc) is 2.84. The molecule has 0 atom stereocenters. The predicted octanol–water partition coefficient (Wildman–Crippen LogP) is 2.92. The number of aromatic carboxylic acids is 1. The van der Waals surface area contributed by atoms with Gasteiger partial charge in [0.05, 0.1) is 4.88 Å². The van der Waals surface area contributed by atoms with Crippen molar-refractivity contribution in [2.24, 2.45) is 0 Å². The van der Waals surface area contributed by atoms with E-state index in [1.807, 2.05) is 0 Å². The van der Waals surface area contributed by atoms with E-state index in [1.165, 1.54) is 22.7 Å². The highest BCUT2D eigenvalue weighted by Gasteiger charge is 2.11. The lowest BCUT2D eigenvalue weighted by Gasteiger charge is -1.86. The van der Waals surface area contributed by atoms with Gasteiger partial charge in [-0.2, -0.15) is 0 Å². The zero-order valence-corrected chi connectivity index (χ0v) is 10.3. The van der Waals surface area contributed by atoms with Crippen LogP contribution in [-0.4, -0.2) is 21.3 Å². The van der Waals surface area contributed by atoms with Crippen LogP contribution in [0.15, 0.2) is 12.1 Å². The first-order valence-electron chi connectivity index (χ1n) is 4.86. The molecular formula is C10H10N2O2S2. The maximum absolute atomic E-state index is 10.7. The Morgan fingerprint density at radius 3 is 2.81 bits per heavy atom. The Balaban J connectivity index is 2.24. The largest absolute Gasteiger partial charge is 0.477 e. The lowest BCUT2D eigenvalue weighted by molar-refractivity contribution is 0.0702. The maximum Gasteiger partial charge on any atom is 0.345 e. The molecule has 0 amide bonds. The van der Waals surface area contributed by atoms with Crippen molar-refractivity contribution in [3.8, 4) is 9.88 Å². The first kappa shape index (κ1) is 11.2. The molecule has 2 rings (SSSR count). The SMILES string of the molecule is CCCc1nnc(-c2ccc(C(=O)O)s2)s1. The van der Waals surface area contributed by atoms with Gasteiger partial charge in [0.2, 0.25) is 0 Å². The Bertz CT molecular complexity index is 504. The van der Waals surface area contributed by atoms with E-state index in [4.69, 9.17) is 5.11 Å². The van der Waals surface area contributed by atoms with Crippen LogP contribution < -0.4 is 0 Å². The first-order chi connectivity index (χ1) is 7.70. The molecule has 0 saturated heterocycles. The number of hydrogen-bond acceptors (Lipinski definition) is 5. The molecule has 84 valence electrons. The molecule has 2 heterocycles. The van der Waals surface area contributed by atoms with Gasteiger partial charge in [0.25, 0.3) is 0 Å². The van der Waals surface area contributed by atoms with Crippen LogP contribution in [-0.2, 0) is 6.42 Å². The number of rotatable bonds is 4. The van der Waals surface area contributed by atoms with Crippen molar-refractivity contribution in [3.05, 3.63) is 22.0 Å². The molecule has 0 aliphatic rings. The molecule has 16 heavy (non-hydrogen) atoms. The molecule has 0 saturated carbocycles.